The van der Waals surface area contributed by atoms with Gasteiger partial charge in [-0.1, -0.05) is 35.7 Å². The number of hydrogen-bond donors (Lipinski definition) is 2. The molecule has 2 bridgehead atoms. The highest BCUT2D eigenvalue weighted by atomic mass is 32.2. The molecule has 2 aromatic carbocycles. The van der Waals surface area contributed by atoms with Crippen molar-refractivity contribution >= 4 is 34.9 Å². The smallest absolute Gasteiger partial charge is 0.250 e. The van der Waals surface area contributed by atoms with Crippen molar-refractivity contribution in [3.8, 4) is 11.3 Å². The van der Waals surface area contributed by atoms with Crippen molar-refractivity contribution in [3.05, 3.63) is 58.9 Å². The maximum atomic E-state index is 12.6. The maximum Gasteiger partial charge on any atom is 0.250 e. The van der Waals surface area contributed by atoms with Gasteiger partial charge < -0.3 is 24.7 Å². The number of hydrogen-bond acceptors (Lipinski definition) is 8. The fourth-order valence-electron chi connectivity index (χ4n) is 6.01. The van der Waals surface area contributed by atoms with Gasteiger partial charge in [-0.15, -0.1) is 0 Å². The molecule has 0 amide bonds. The van der Waals surface area contributed by atoms with Gasteiger partial charge >= 0.3 is 0 Å². The van der Waals surface area contributed by atoms with Crippen LogP contribution in [0.5, 0.6) is 0 Å². The second kappa shape index (κ2) is 10.6. The fourth-order valence-corrected chi connectivity index (χ4v) is 8.42. The Bertz CT molecular complexity index is 1370. The first-order chi connectivity index (χ1) is 18.7. The number of morpholine rings is 2. The van der Waals surface area contributed by atoms with E-state index in [0.29, 0.717) is 25.3 Å². The van der Waals surface area contributed by atoms with Gasteiger partial charge in [-0.25, -0.2) is 0 Å². The normalized spacial score (nSPS) is 22.7. The first kappa shape index (κ1) is 24.6. The summed E-state index contributed by atoms with van der Waals surface area (Å²) in [6.07, 6.45) is 2.54. The van der Waals surface area contributed by atoms with E-state index < -0.39 is 0 Å². The van der Waals surface area contributed by atoms with E-state index in [-0.39, 0.29) is 5.56 Å². The van der Waals surface area contributed by atoms with Gasteiger partial charge in [0, 0.05) is 80.8 Å². The monoisotopic (exact) mass is 548 g/mol. The molecule has 7 nitrogen and oxygen atoms in total. The first-order valence-corrected chi connectivity index (χ1v) is 15.1. The van der Waals surface area contributed by atoms with E-state index in [1.54, 1.807) is 17.8 Å². The molecule has 9 heteroatoms. The molecule has 1 aromatic heterocycles. The maximum absolute atomic E-state index is 12.6. The van der Waals surface area contributed by atoms with Crippen LogP contribution in [0.25, 0.3) is 11.3 Å². The van der Waals surface area contributed by atoms with E-state index in [1.165, 1.54) is 38.1 Å². The van der Waals surface area contributed by atoms with Crippen molar-refractivity contribution in [2.75, 3.05) is 62.8 Å². The van der Waals surface area contributed by atoms with Crippen LogP contribution >= 0.6 is 23.5 Å². The van der Waals surface area contributed by atoms with Gasteiger partial charge in [0.15, 0.2) is 0 Å². The van der Waals surface area contributed by atoms with Crippen molar-refractivity contribution in [2.45, 2.75) is 44.5 Å². The highest BCUT2D eigenvalue weighted by Crippen LogP contribution is 2.52. The van der Waals surface area contributed by atoms with Crippen LogP contribution < -0.4 is 15.8 Å². The molecule has 0 aliphatic carbocycles. The van der Waals surface area contributed by atoms with Crippen LogP contribution in [0, 0.1) is 0 Å². The molecule has 3 saturated heterocycles. The highest BCUT2D eigenvalue weighted by molar-refractivity contribution is 8.05. The van der Waals surface area contributed by atoms with Gasteiger partial charge in [0.05, 0.1) is 32.1 Å². The lowest BCUT2D eigenvalue weighted by Gasteiger charge is -2.34. The Hall–Kier alpha value is -2.43. The van der Waals surface area contributed by atoms with E-state index in [2.05, 4.69) is 62.6 Å². The first-order valence-electron chi connectivity index (χ1n) is 13.5. The molecule has 7 rings (SSSR count). The number of nitrogens with zero attached hydrogens (tertiary/aromatic N) is 2. The lowest BCUT2D eigenvalue weighted by Crippen LogP contribution is -2.47. The molecule has 198 valence electrons. The predicted octanol–water partition coefficient (Wildman–Crippen LogP) is 4.77. The number of pyridine rings is 1. The van der Waals surface area contributed by atoms with E-state index in [9.17, 15) is 4.79 Å². The van der Waals surface area contributed by atoms with E-state index in [4.69, 9.17) is 9.47 Å². The molecule has 3 aromatic rings. The third-order valence-corrected chi connectivity index (χ3v) is 10.5. The third-order valence-electron chi connectivity index (χ3n) is 7.94. The highest BCUT2D eigenvalue weighted by Gasteiger charge is 2.36. The van der Waals surface area contributed by atoms with Gasteiger partial charge in [-0.05, 0) is 43.2 Å². The summed E-state index contributed by atoms with van der Waals surface area (Å²) < 4.78 is 11.2. The molecular weight excluding hydrogens is 516 g/mol. The van der Waals surface area contributed by atoms with Crippen LogP contribution in [0.2, 0.25) is 0 Å². The quantitative estimate of drug-likeness (QED) is 0.357. The van der Waals surface area contributed by atoms with Crippen molar-refractivity contribution in [1.29, 1.82) is 0 Å². The average molecular weight is 549 g/mol. The largest absolute Gasteiger partial charge is 0.384 e. The minimum absolute atomic E-state index is 0.0729. The number of nitrogens with one attached hydrogen (secondary N) is 2. The topological polar surface area (TPSA) is 69.8 Å². The third kappa shape index (κ3) is 4.86. The van der Waals surface area contributed by atoms with Crippen LogP contribution in [0.3, 0.4) is 0 Å². The second-order valence-electron chi connectivity index (χ2n) is 10.3. The number of H-pyrrole nitrogens is 1. The zero-order chi connectivity index (χ0) is 25.5. The van der Waals surface area contributed by atoms with Gasteiger partial charge in [0.2, 0.25) is 5.56 Å². The fraction of sp³-hybridized carbons (Fsp3) is 0.414. The van der Waals surface area contributed by atoms with Crippen LogP contribution in [0.15, 0.2) is 72.9 Å². The van der Waals surface area contributed by atoms with Gasteiger partial charge in [0.1, 0.15) is 0 Å². The molecule has 0 radical (unpaired) electrons. The molecule has 0 saturated carbocycles. The summed E-state index contributed by atoms with van der Waals surface area (Å²) in [7, 11) is 0. The molecule has 2 unspecified atom stereocenters. The lowest BCUT2D eigenvalue weighted by atomic mass is 10.1. The van der Waals surface area contributed by atoms with E-state index in [1.807, 2.05) is 11.8 Å². The molecular formula is C29H32N4O3S2. The summed E-state index contributed by atoms with van der Waals surface area (Å²) in [4.78, 5) is 25.5. The molecule has 2 N–H and O–H groups in total. The van der Waals surface area contributed by atoms with Crippen molar-refractivity contribution < 1.29 is 9.47 Å². The summed E-state index contributed by atoms with van der Waals surface area (Å²) in [5.74, 6) is 0. The number of aromatic amines is 1. The SMILES string of the molecule is O=c1cc(N2CCOCC2)cc(-c2cccc3c2Sc2ccc(NCCN4C5CCC4COC5)cc2S3)[nH]1. The Morgan fingerprint density at radius 1 is 0.921 bits per heavy atom. The summed E-state index contributed by atoms with van der Waals surface area (Å²) >= 11 is 3.60. The van der Waals surface area contributed by atoms with Gasteiger partial charge in [0.25, 0.3) is 0 Å². The van der Waals surface area contributed by atoms with Crippen molar-refractivity contribution in [3.63, 3.8) is 0 Å². The molecule has 38 heavy (non-hydrogen) atoms. The van der Waals surface area contributed by atoms with E-state index in [0.717, 1.165) is 56.3 Å². The number of fused-ring (bicyclic) bond motifs is 4. The van der Waals surface area contributed by atoms with Crippen molar-refractivity contribution in [2.24, 2.45) is 0 Å². The van der Waals surface area contributed by atoms with Crippen LogP contribution in [0.1, 0.15) is 12.8 Å². The Balaban J connectivity index is 1.08. The second-order valence-corrected chi connectivity index (χ2v) is 12.4. The van der Waals surface area contributed by atoms with Crippen LogP contribution in [-0.2, 0) is 9.47 Å². The molecule has 0 spiro atoms. The van der Waals surface area contributed by atoms with Crippen LogP contribution in [-0.4, -0.2) is 74.6 Å². The zero-order valence-electron chi connectivity index (χ0n) is 21.3. The number of rotatable bonds is 6. The van der Waals surface area contributed by atoms with Gasteiger partial charge in [-0.3, -0.25) is 9.69 Å². The summed E-state index contributed by atoms with van der Waals surface area (Å²) in [5.41, 5.74) is 3.98. The molecule has 3 fully saturated rings. The van der Waals surface area contributed by atoms with Crippen molar-refractivity contribution in [1.82, 2.24) is 9.88 Å². The summed E-state index contributed by atoms with van der Waals surface area (Å²) in [6, 6.07) is 18.1. The Morgan fingerprint density at radius 3 is 2.61 bits per heavy atom. The zero-order valence-corrected chi connectivity index (χ0v) is 22.9. The standard InChI is InChI=1S/C29H32N4O3S2/c34-28-16-22(32-10-12-35-13-11-32)15-24(31-28)23-2-1-3-26-29(23)38-25-7-4-19(14-27(25)37-26)30-8-9-33-20-5-6-21(33)18-36-17-20/h1-4,7,14-16,20-21,30H,5-6,8-13,17-18H2,(H,31,34). The summed E-state index contributed by atoms with van der Waals surface area (Å²) in [5, 5.41) is 3.66. The number of anilines is 2. The lowest BCUT2D eigenvalue weighted by molar-refractivity contribution is -0.0122. The number of aromatic nitrogens is 1. The molecule has 4 aliphatic rings. The molecule has 2 atom stereocenters. The molecule has 4 aliphatic heterocycles. The minimum Gasteiger partial charge on any atom is -0.384 e. The van der Waals surface area contributed by atoms with Crippen LogP contribution in [0.4, 0.5) is 11.4 Å². The number of ether oxygens (including phenoxy) is 2. The number of benzene rings is 2. The Labute approximate surface area is 231 Å². The summed E-state index contributed by atoms with van der Waals surface area (Å²) in [6.45, 7) is 6.76. The molecule has 5 heterocycles. The predicted molar refractivity (Wildman–Crippen MR) is 153 cm³/mol. The van der Waals surface area contributed by atoms with Gasteiger partial charge in [-0.2, -0.15) is 0 Å². The van der Waals surface area contributed by atoms with E-state index >= 15 is 0 Å². The Morgan fingerprint density at radius 2 is 1.76 bits per heavy atom. The Kier molecular flexibility index (Phi) is 6.87. The minimum atomic E-state index is -0.0729. The average Bonchev–Trinajstić information content (AvgIpc) is 3.16.